The van der Waals surface area contributed by atoms with Gasteiger partial charge in [-0.3, -0.25) is 9.55 Å². The van der Waals surface area contributed by atoms with E-state index in [0.29, 0.717) is 11.4 Å². The first-order valence-electron chi connectivity index (χ1n) is 7.52. The molecule has 0 aliphatic rings. The van der Waals surface area contributed by atoms with E-state index in [2.05, 4.69) is 27.9 Å². The Bertz CT molecular complexity index is 1090. The minimum atomic E-state index is 0.514. The first-order chi connectivity index (χ1) is 11.8. The molecular formula is C19H13N5. The lowest BCUT2D eigenvalue weighted by Crippen LogP contribution is -1.99. The van der Waals surface area contributed by atoms with Gasteiger partial charge < -0.3 is 0 Å². The number of nitrogens with zero attached hydrogens (tertiary/aromatic N) is 5. The van der Waals surface area contributed by atoms with E-state index in [4.69, 9.17) is 0 Å². The van der Waals surface area contributed by atoms with Crippen molar-refractivity contribution in [2.24, 2.45) is 0 Å². The third-order valence-corrected chi connectivity index (χ3v) is 4.04. The van der Waals surface area contributed by atoms with Crippen molar-refractivity contribution in [3.05, 3.63) is 72.4 Å². The Balaban J connectivity index is 1.99. The van der Waals surface area contributed by atoms with Crippen LogP contribution in [-0.2, 0) is 0 Å². The number of para-hydroxylation sites is 1. The van der Waals surface area contributed by atoms with Crippen molar-refractivity contribution >= 4 is 11.0 Å². The van der Waals surface area contributed by atoms with E-state index in [1.165, 1.54) is 0 Å². The van der Waals surface area contributed by atoms with Crippen molar-refractivity contribution in [2.45, 2.75) is 6.92 Å². The fourth-order valence-corrected chi connectivity index (χ4v) is 2.85. The molecule has 1 aromatic carbocycles. The molecule has 4 rings (SSSR count). The molecule has 0 fully saturated rings. The Morgan fingerprint density at radius 2 is 1.92 bits per heavy atom. The summed E-state index contributed by atoms with van der Waals surface area (Å²) >= 11 is 0. The summed E-state index contributed by atoms with van der Waals surface area (Å²) in [5.41, 5.74) is 5.50. The second-order valence-electron chi connectivity index (χ2n) is 5.46. The molecule has 0 amide bonds. The molecule has 0 saturated heterocycles. The first-order valence-corrected chi connectivity index (χ1v) is 7.52. The number of pyridine rings is 2. The van der Waals surface area contributed by atoms with E-state index in [1.807, 2.05) is 35.0 Å². The third kappa shape index (κ3) is 2.13. The largest absolute Gasteiger partial charge is 0.282 e. The van der Waals surface area contributed by atoms with Gasteiger partial charge in [-0.15, -0.1) is 0 Å². The molecule has 4 aromatic rings. The number of imidazole rings is 1. The highest BCUT2D eigenvalue weighted by molar-refractivity contribution is 5.93. The van der Waals surface area contributed by atoms with Gasteiger partial charge in [0.1, 0.15) is 12.4 Å². The van der Waals surface area contributed by atoms with Crippen molar-refractivity contribution in [3.8, 4) is 23.0 Å². The molecule has 0 saturated carbocycles. The zero-order valence-corrected chi connectivity index (χ0v) is 13.0. The van der Waals surface area contributed by atoms with Gasteiger partial charge in [-0.1, -0.05) is 12.1 Å². The SMILES string of the molecule is Cc1ccncc1-c1cccc2c1ncn2-c1ncccc1C#N. The number of rotatable bonds is 2. The highest BCUT2D eigenvalue weighted by Gasteiger charge is 2.14. The van der Waals surface area contributed by atoms with E-state index < -0.39 is 0 Å². The lowest BCUT2D eigenvalue weighted by Gasteiger charge is -2.08. The maximum atomic E-state index is 9.33. The minimum absolute atomic E-state index is 0.514. The highest BCUT2D eigenvalue weighted by Crippen LogP contribution is 2.30. The van der Waals surface area contributed by atoms with Crippen molar-refractivity contribution < 1.29 is 0 Å². The summed E-state index contributed by atoms with van der Waals surface area (Å²) in [6, 6.07) is 13.7. The van der Waals surface area contributed by atoms with E-state index in [9.17, 15) is 5.26 Å². The molecule has 3 heterocycles. The van der Waals surface area contributed by atoms with Crippen LogP contribution in [0, 0.1) is 18.3 Å². The molecular weight excluding hydrogens is 298 g/mol. The molecule has 3 aromatic heterocycles. The van der Waals surface area contributed by atoms with Crippen molar-refractivity contribution in [3.63, 3.8) is 0 Å². The zero-order chi connectivity index (χ0) is 16.5. The van der Waals surface area contributed by atoms with Crippen LogP contribution in [0.2, 0.25) is 0 Å². The van der Waals surface area contributed by atoms with Gasteiger partial charge >= 0.3 is 0 Å². The molecule has 0 aliphatic carbocycles. The van der Waals surface area contributed by atoms with Gasteiger partial charge in [0.2, 0.25) is 0 Å². The Morgan fingerprint density at radius 3 is 2.75 bits per heavy atom. The summed E-state index contributed by atoms with van der Waals surface area (Å²) in [6.07, 6.45) is 7.02. The Kier molecular flexibility index (Phi) is 3.29. The molecule has 0 bridgehead atoms. The second-order valence-corrected chi connectivity index (χ2v) is 5.46. The minimum Gasteiger partial charge on any atom is -0.282 e. The van der Waals surface area contributed by atoms with Crippen molar-refractivity contribution in [2.75, 3.05) is 0 Å². The van der Waals surface area contributed by atoms with Crippen LogP contribution in [0.5, 0.6) is 0 Å². The van der Waals surface area contributed by atoms with E-state index in [0.717, 1.165) is 27.7 Å². The summed E-state index contributed by atoms with van der Waals surface area (Å²) < 4.78 is 1.85. The van der Waals surface area contributed by atoms with Crippen LogP contribution in [0.25, 0.3) is 28.0 Å². The molecule has 0 unspecified atom stereocenters. The summed E-state index contributed by atoms with van der Waals surface area (Å²) in [6.45, 7) is 2.05. The number of benzene rings is 1. The van der Waals surface area contributed by atoms with Crippen LogP contribution in [0.15, 0.2) is 61.3 Å². The number of nitriles is 1. The first kappa shape index (κ1) is 14.1. The van der Waals surface area contributed by atoms with E-state index in [-0.39, 0.29) is 0 Å². The quantitative estimate of drug-likeness (QED) is 0.566. The highest BCUT2D eigenvalue weighted by atomic mass is 15.1. The monoisotopic (exact) mass is 311 g/mol. The molecule has 0 spiro atoms. The van der Waals surface area contributed by atoms with Crippen LogP contribution < -0.4 is 0 Å². The number of aryl methyl sites for hydroxylation is 1. The average Bonchev–Trinajstić information content (AvgIpc) is 3.06. The summed E-state index contributed by atoms with van der Waals surface area (Å²) in [4.78, 5) is 13.2. The summed E-state index contributed by atoms with van der Waals surface area (Å²) in [7, 11) is 0. The summed E-state index contributed by atoms with van der Waals surface area (Å²) in [5, 5.41) is 9.33. The zero-order valence-electron chi connectivity index (χ0n) is 13.0. The second kappa shape index (κ2) is 5.60. The fraction of sp³-hybridized carbons (Fsp3) is 0.0526. The average molecular weight is 311 g/mol. The normalized spacial score (nSPS) is 10.7. The van der Waals surface area contributed by atoms with E-state index >= 15 is 0 Å². The maximum absolute atomic E-state index is 9.33. The van der Waals surface area contributed by atoms with Gasteiger partial charge in [-0.05, 0) is 36.8 Å². The lowest BCUT2D eigenvalue weighted by atomic mass is 10.0. The number of fused-ring (bicyclic) bond motifs is 1. The van der Waals surface area contributed by atoms with Gasteiger partial charge in [0, 0.05) is 29.7 Å². The fourth-order valence-electron chi connectivity index (χ4n) is 2.85. The molecule has 114 valence electrons. The van der Waals surface area contributed by atoms with Gasteiger partial charge in [-0.25, -0.2) is 9.97 Å². The van der Waals surface area contributed by atoms with Crippen molar-refractivity contribution in [1.82, 2.24) is 19.5 Å². The molecule has 0 radical (unpaired) electrons. The number of hydrogen-bond acceptors (Lipinski definition) is 4. The molecule has 0 atom stereocenters. The van der Waals surface area contributed by atoms with Crippen LogP contribution >= 0.6 is 0 Å². The smallest absolute Gasteiger partial charge is 0.156 e. The van der Waals surface area contributed by atoms with Crippen LogP contribution in [0.1, 0.15) is 11.1 Å². The molecule has 0 N–H and O–H groups in total. The molecule has 5 nitrogen and oxygen atoms in total. The topological polar surface area (TPSA) is 67.4 Å². The van der Waals surface area contributed by atoms with Gasteiger partial charge in [0.25, 0.3) is 0 Å². The van der Waals surface area contributed by atoms with E-state index in [1.54, 1.807) is 30.9 Å². The third-order valence-electron chi connectivity index (χ3n) is 4.04. The van der Waals surface area contributed by atoms with Crippen molar-refractivity contribution in [1.29, 1.82) is 5.26 Å². The molecule has 24 heavy (non-hydrogen) atoms. The Labute approximate surface area is 138 Å². The predicted octanol–water partition coefficient (Wildman–Crippen LogP) is 3.66. The van der Waals surface area contributed by atoms with Crippen LogP contribution in [-0.4, -0.2) is 19.5 Å². The van der Waals surface area contributed by atoms with Gasteiger partial charge in [-0.2, -0.15) is 5.26 Å². The molecule has 5 heteroatoms. The van der Waals surface area contributed by atoms with Gasteiger partial charge in [0.05, 0.1) is 16.6 Å². The Morgan fingerprint density at radius 1 is 1.00 bits per heavy atom. The summed E-state index contributed by atoms with van der Waals surface area (Å²) in [5.74, 6) is 0.586. The molecule has 0 aliphatic heterocycles. The van der Waals surface area contributed by atoms with Gasteiger partial charge in [0.15, 0.2) is 5.82 Å². The predicted molar refractivity (Wildman–Crippen MR) is 91.5 cm³/mol. The number of aromatic nitrogens is 4. The lowest BCUT2D eigenvalue weighted by molar-refractivity contribution is 1.01. The Hall–Kier alpha value is -3.52. The maximum Gasteiger partial charge on any atom is 0.156 e. The van der Waals surface area contributed by atoms with Crippen LogP contribution in [0.4, 0.5) is 0 Å². The van der Waals surface area contributed by atoms with Crippen LogP contribution in [0.3, 0.4) is 0 Å². The standard InChI is InChI=1S/C19H13N5/c1-13-7-9-21-11-16(13)15-5-2-6-17-18(15)23-12-24(17)19-14(10-20)4-3-8-22-19/h2-9,11-12H,1H3. The number of hydrogen-bond donors (Lipinski definition) is 0.